The van der Waals surface area contributed by atoms with Crippen LogP contribution in [0.25, 0.3) is 0 Å². The number of carbonyl (C=O) groups excluding carboxylic acids is 2. The Kier molecular flexibility index (Phi) is 4.98. The molecule has 1 aromatic heterocycles. The molecule has 0 spiro atoms. The molecule has 2 N–H and O–H groups in total. The second-order valence-corrected chi connectivity index (χ2v) is 5.67. The first-order valence-corrected chi connectivity index (χ1v) is 7.96. The van der Waals surface area contributed by atoms with E-state index in [1.165, 1.54) is 30.5 Å². The second-order valence-electron chi connectivity index (χ2n) is 5.67. The normalized spacial score (nSPS) is 10.3. The highest BCUT2D eigenvalue weighted by Crippen LogP contribution is 2.25. The number of benzene rings is 2. The van der Waals surface area contributed by atoms with Crippen molar-refractivity contribution < 1.29 is 18.9 Å². The molecule has 0 atom stereocenters. The number of hydrogen-bond donors (Lipinski definition) is 2. The van der Waals surface area contributed by atoms with E-state index in [1.54, 1.807) is 37.3 Å². The summed E-state index contributed by atoms with van der Waals surface area (Å²) in [7, 11) is 0. The Morgan fingerprint density at radius 3 is 2.48 bits per heavy atom. The Hall–Kier alpha value is -3.94. The summed E-state index contributed by atoms with van der Waals surface area (Å²) in [6.07, 6.45) is 1.39. The largest absolute Gasteiger partial charge is 0.459 e. The Bertz CT molecular complexity index is 1010. The van der Waals surface area contributed by atoms with Gasteiger partial charge >= 0.3 is 0 Å². The van der Waals surface area contributed by atoms with Crippen molar-refractivity contribution in [1.82, 2.24) is 0 Å². The van der Waals surface area contributed by atoms with Crippen LogP contribution in [0.5, 0.6) is 0 Å². The lowest BCUT2D eigenvalue weighted by atomic mass is 10.1. The number of nitro groups is 1. The molecule has 0 saturated heterocycles. The van der Waals surface area contributed by atoms with Crippen LogP contribution in [-0.4, -0.2) is 16.7 Å². The molecule has 2 amide bonds. The van der Waals surface area contributed by atoms with Crippen molar-refractivity contribution in [3.05, 3.63) is 87.9 Å². The maximum atomic E-state index is 12.5. The standard InChI is InChI=1S/C19H15N3O5/c1-12-15(7-3-8-16(12)22(25)26)21-18(23)13-5-2-6-14(11-13)20-19(24)17-9-4-10-27-17/h2-11H,1H3,(H,20,24)(H,21,23). The van der Waals surface area contributed by atoms with Crippen LogP contribution in [-0.2, 0) is 0 Å². The predicted octanol–water partition coefficient (Wildman–Crippen LogP) is 4.00. The first-order valence-electron chi connectivity index (χ1n) is 7.96. The molecule has 0 aliphatic rings. The van der Waals surface area contributed by atoms with E-state index in [4.69, 9.17) is 4.42 Å². The summed E-state index contributed by atoms with van der Waals surface area (Å²) in [4.78, 5) is 35.0. The summed E-state index contributed by atoms with van der Waals surface area (Å²) in [5, 5.41) is 16.3. The van der Waals surface area contributed by atoms with Gasteiger partial charge in [-0.2, -0.15) is 0 Å². The summed E-state index contributed by atoms with van der Waals surface area (Å²) >= 11 is 0. The van der Waals surface area contributed by atoms with E-state index in [1.807, 2.05) is 0 Å². The van der Waals surface area contributed by atoms with Crippen LogP contribution in [0.1, 0.15) is 26.5 Å². The Labute approximate surface area is 154 Å². The number of rotatable bonds is 5. The van der Waals surface area contributed by atoms with Crippen LogP contribution >= 0.6 is 0 Å². The second kappa shape index (κ2) is 7.52. The predicted molar refractivity (Wildman–Crippen MR) is 98.9 cm³/mol. The molecule has 0 bridgehead atoms. The van der Waals surface area contributed by atoms with Crippen molar-refractivity contribution in [1.29, 1.82) is 0 Å². The van der Waals surface area contributed by atoms with Crippen molar-refractivity contribution in [2.45, 2.75) is 6.92 Å². The maximum absolute atomic E-state index is 12.5. The molecule has 0 radical (unpaired) electrons. The first kappa shape index (κ1) is 17.9. The lowest BCUT2D eigenvalue weighted by Crippen LogP contribution is -2.15. The SMILES string of the molecule is Cc1c(NC(=O)c2cccc(NC(=O)c3ccco3)c2)cccc1[N+](=O)[O-]. The van der Waals surface area contributed by atoms with Gasteiger partial charge in [0.25, 0.3) is 17.5 Å². The van der Waals surface area contributed by atoms with Crippen molar-refractivity contribution in [3.8, 4) is 0 Å². The van der Waals surface area contributed by atoms with Crippen LogP contribution in [0.4, 0.5) is 17.1 Å². The summed E-state index contributed by atoms with van der Waals surface area (Å²) in [6, 6.07) is 13.9. The van der Waals surface area contributed by atoms with Gasteiger partial charge in [0.1, 0.15) is 0 Å². The number of hydrogen-bond acceptors (Lipinski definition) is 5. The van der Waals surface area contributed by atoms with E-state index < -0.39 is 16.7 Å². The quantitative estimate of drug-likeness (QED) is 0.524. The van der Waals surface area contributed by atoms with Gasteiger partial charge < -0.3 is 15.1 Å². The minimum absolute atomic E-state index is 0.0766. The number of amides is 2. The molecule has 0 fully saturated rings. The Morgan fingerprint density at radius 1 is 1.00 bits per heavy atom. The van der Waals surface area contributed by atoms with E-state index in [0.717, 1.165) is 0 Å². The van der Waals surface area contributed by atoms with Gasteiger partial charge in [-0.25, -0.2) is 0 Å². The highest BCUT2D eigenvalue weighted by molar-refractivity contribution is 6.07. The smallest absolute Gasteiger partial charge is 0.291 e. The van der Waals surface area contributed by atoms with Gasteiger partial charge in [0.2, 0.25) is 0 Å². The Balaban J connectivity index is 1.77. The summed E-state index contributed by atoms with van der Waals surface area (Å²) in [5.74, 6) is -0.739. The van der Waals surface area contributed by atoms with E-state index in [9.17, 15) is 19.7 Å². The van der Waals surface area contributed by atoms with E-state index in [0.29, 0.717) is 16.9 Å². The molecule has 0 aliphatic heterocycles. The molecule has 2 aromatic carbocycles. The molecule has 3 rings (SSSR count). The summed E-state index contributed by atoms with van der Waals surface area (Å²) in [5.41, 5.74) is 1.34. The van der Waals surface area contributed by atoms with Crippen molar-refractivity contribution >= 4 is 28.9 Å². The van der Waals surface area contributed by atoms with Gasteiger partial charge in [-0.3, -0.25) is 19.7 Å². The van der Waals surface area contributed by atoms with Gasteiger partial charge in [0.05, 0.1) is 22.4 Å². The summed E-state index contributed by atoms with van der Waals surface area (Å²) < 4.78 is 5.02. The number of furan rings is 1. The molecule has 3 aromatic rings. The minimum atomic E-state index is -0.504. The maximum Gasteiger partial charge on any atom is 0.291 e. The molecule has 8 nitrogen and oxygen atoms in total. The van der Waals surface area contributed by atoms with Crippen LogP contribution in [0, 0.1) is 17.0 Å². The number of nitrogens with zero attached hydrogens (tertiary/aromatic N) is 1. The van der Waals surface area contributed by atoms with E-state index in [-0.39, 0.29) is 17.0 Å². The molecule has 1 heterocycles. The van der Waals surface area contributed by atoms with Gasteiger partial charge in [-0.15, -0.1) is 0 Å². The summed E-state index contributed by atoms with van der Waals surface area (Å²) in [6.45, 7) is 1.56. The van der Waals surface area contributed by atoms with Gasteiger partial charge in [0.15, 0.2) is 5.76 Å². The zero-order chi connectivity index (χ0) is 19.4. The molecule has 8 heteroatoms. The number of nitro benzene ring substituents is 1. The zero-order valence-electron chi connectivity index (χ0n) is 14.3. The number of anilines is 2. The average Bonchev–Trinajstić information content (AvgIpc) is 3.18. The average molecular weight is 365 g/mol. The number of nitrogens with one attached hydrogen (secondary N) is 2. The van der Waals surface area contributed by atoms with E-state index >= 15 is 0 Å². The molecule has 0 unspecified atom stereocenters. The number of carbonyl (C=O) groups is 2. The fraction of sp³-hybridized carbons (Fsp3) is 0.0526. The molecular formula is C19H15N3O5. The van der Waals surface area contributed by atoms with Crippen molar-refractivity contribution in [2.24, 2.45) is 0 Å². The molecule has 27 heavy (non-hydrogen) atoms. The highest BCUT2D eigenvalue weighted by atomic mass is 16.6. The topological polar surface area (TPSA) is 114 Å². The van der Waals surface area contributed by atoms with E-state index in [2.05, 4.69) is 10.6 Å². The third-order valence-electron chi connectivity index (χ3n) is 3.88. The molecule has 0 saturated carbocycles. The minimum Gasteiger partial charge on any atom is -0.459 e. The van der Waals surface area contributed by atoms with Gasteiger partial charge in [-0.1, -0.05) is 12.1 Å². The fourth-order valence-electron chi connectivity index (χ4n) is 2.49. The van der Waals surface area contributed by atoms with Crippen LogP contribution in [0.2, 0.25) is 0 Å². The molecule has 136 valence electrons. The van der Waals surface area contributed by atoms with Crippen LogP contribution in [0.15, 0.2) is 65.3 Å². The molecule has 0 aliphatic carbocycles. The molecular weight excluding hydrogens is 350 g/mol. The highest BCUT2D eigenvalue weighted by Gasteiger charge is 2.16. The third-order valence-corrected chi connectivity index (χ3v) is 3.88. The van der Waals surface area contributed by atoms with Crippen molar-refractivity contribution in [3.63, 3.8) is 0 Å². The van der Waals surface area contributed by atoms with Crippen molar-refractivity contribution in [2.75, 3.05) is 10.6 Å². The van der Waals surface area contributed by atoms with Crippen LogP contribution in [0.3, 0.4) is 0 Å². The lowest BCUT2D eigenvalue weighted by Gasteiger charge is -2.10. The van der Waals surface area contributed by atoms with Gasteiger partial charge in [0, 0.05) is 17.3 Å². The monoisotopic (exact) mass is 365 g/mol. The van der Waals surface area contributed by atoms with Gasteiger partial charge in [-0.05, 0) is 43.3 Å². The zero-order valence-corrected chi connectivity index (χ0v) is 14.3. The lowest BCUT2D eigenvalue weighted by molar-refractivity contribution is -0.385. The van der Waals surface area contributed by atoms with Crippen LogP contribution < -0.4 is 10.6 Å². The first-order chi connectivity index (χ1) is 13.0. The fourth-order valence-corrected chi connectivity index (χ4v) is 2.49. The Morgan fingerprint density at radius 2 is 1.78 bits per heavy atom. The third kappa shape index (κ3) is 4.01.